The number of hydrogen-bond donors (Lipinski definition) is 2. The Balaban J connectivity index is 2.15. The summed E-state index contributed by atoms with van der Waals surface area (Å²) in [6.07, 6.45) is 1.63. The lowest BCUT2D eigenvalue weighted by Crippen LogP contribution is -2.36. The SMILES string of the molecule is NN(CCCCc1ccccc1)C(=O)O. The monoisotopic (exact) mass is 208 g/mol. The molecule has 0 fully saturated rings. The summed E-state index contributed by atoms with van der Waals surface area (Å²) in [6.45, 7) is 0.391. The summed E-state index contributed by atoms with van der Waals surface area (Å²) in [5.41, 5.74) is 1.27. The molecule has 4 heteroatoms. The predicted molar refractivity (Wildman–Crippen MR) is 58.3 cm³/mol. The van der Waals surface area contributed by atoms with E-state index in [0.29, 0.717) is 6.54 Å². The van der Waals surface area contributed by atoms with Crippen molar-refractivity contribution in [3.8, 4) is 0 Å². The minimum Gasteiger partial charge on any atom is -0.464 e. The standard InChI is InChI=1S/C11H16N2O2/c12-13(11(14)15)9-5-4-8-10-6-2-1-3-7-10/h1-3,6-7H,4-5,8-9,12H2,(H,14,15). The van der Waals surface area contributed by atoms with Crippen LogP contribution in [0, 0.1) is 0 Å². The molecule has 0 spiro atoms. The Morgan fingerprint density at radius 3 is 2.53 bits per heavy atom. The third-order valence-corrected chi connectivity index (χ3v) is 2.20. The van der Waals surface area contributed by atoms with Crippen LogP contribution in [0.5, 0.6) is 0 Å². The number of nitrogens with zero attached hydrogens (tertiary/aromatic N) is 1. The van der Waals surface area contributed by atoms with Gasteiger partial charge in [-0.1, -0.05) is 30.3 Å². The number of rotatable bonds is 5. The molecule has 0 radical (unpaired) electrons. The highest BCUT2D eigenvalue weighted by Crippen LogP contribution is 2.04. The van der Waals surface area contributed by atoms with Crippen molar-refractivity contribution in [2.75, 3.05) is 6.54 Å². The van der Waals surface area contributed by atoms with Crippen LogP contribution in [-0.2, 0) is 6.42 Å². The van der Waals surface area contributed by atoms with Gasteiger partial charge in [-0.15, -0.1) is 0 Å². The summed E-state index contributed by atoms with van der Waals surface area (Å²) < 4.78 is 0. The number of hydrogen-bond acceptors (Lipinski definition) is 2. The molecule has 1 amide bonds. The van der Waals surface area contributed by atoms with Crippen LogP contribution >= 0.6 is 0 Å². The largest absolute Gasteiger partial charge is 0.464 e. The zero-order valence-corrected chi connectivity index (χ0v) is 8.60. The van der Waals surface area contributed by atoms with E-state index in [1.54, 1.807) is 0 Å². The highest BCUT2D eigenvalue weighted by Gasteiger charge is 2.04. The Morgan fingerprint density at radius 2 is 1.93 bits per heavy atom. The molecule has 82 valence electrons. The van der Waals surface area contributed by atoms with E-state index in [4.69, 9.17) is 10.9 Å². The van der Waals surface area contributed by atoms with Gasteiger partial charge in [-0.25, -0.2) is 15.6 Å². The van der Waals surface area contributed by atoms with Crippen molar-refractivity contribution in [2.45, 2.75) is 19.3 Å². The number of carboxylic acid groups (broad SMARTS) is 1. The number of benzene rings is 1. The lowest BCUT2D eigenvalue weighted by Gasteiger charge is -2.11. The summed E-state index contributed by atoms with van der Waals surface area (Å²) in [4.78, 5) is 10.4. The smallest absolute Gasteiger partial charge is 0.421 e. The van der Waals surface area contributed by atoms with Crippen LogP contribution in [0.2, 0.25) is 0 Å². The van der Waals surface area contributed by atoms with E-state index in [1.165, 1.54) is 5.56 Å². The number of hydrazine groups is 1. The fraction of sp³-hybridized carbons (Fsp3) is 0.364. The van der Waals surface area contributed by atoms with Crippen LogP contribution in [0.3, 0.4) is 0 Å². The summed E-state index contributed by atoms with van der Waals surface area (Å²) in [5, 5.41) is 9.32. The van der Waals surface area contributed by atoms with Crippen LogP contribution in [0.25, 0.3) is 0 Å². The second-order valence-corrected chi connectivity index (χ2v) is 3.42. The molecule has 0 atom stereocenters. The number of unbranched alkanes of at least 4 members (excludes halogenated alkanes) is 1. The summed E-state index contributed by atoms with van der Waals surface area (Å²) in [7, 11) is 0. The van der Waals surface area contributed by atoms with Gasteiger partial charge in [-0.3, -0.25) is 0 Å². The first-order chi connectivity index (χ1) is 7.20. The Bertz CT molecular complexity index is 301. The first-order valence-corrected chi connectivity index (χ1v) is 4.99. The van der Waals surface area contributed by atoms with Gasteiger partial charge in [-0.2, -0.15) is 0 Å². The van der Waals surface area contributed by atoms with E-state index < -0.39 is 6.09 Å². The average molecular weight is 208 g/mol. The highest BCUT2D eigenvalue weighted by atomic mass is 16.4. The minimum absolute atomic E-state index is 0.391. The first kappa shape index (κ1) is 11.5. The van der Waals surface area contributed by atoms with Crippen molar-refractivity contribution in [3.63, 3.8) is 0 Å². The topological polar surface area (TPSA) is 66.6 Å². The maximum Gasteiger partial charge on any atom is 0.421 e. The van der Waals surface area contributed by atoms with Gasteiger partial charge in [0.2, 0.25) is 0 Å². The normalized spacial score (nSPS) is 9.93. The molecule has 0 unspecified atom stereocenters. The maximum atomic E-state index is 10.4. The summed E-state index contributed by atoms with van der Waals surface area (Å²) >= 11 is 0. The molecule has 1 aromatic rings. The fourth-order valence-electron chi connectivity index (χ4n) is 1.35. The van der Waals surface area contributed by atoms with Crippen molar-refractivity contribution < 1.29 is 9.90 Å². The average Bonchev–Trinajstić information content (AvgIpc) is 2.25. The number of carbonyl (C=O) groups is 1. The van der Waals surface area contributed by atoms with E-state index in [-0.39, 0.29) is 0 Å². The lowest BCUT2D eigenvalue weighted by molar-refractivity contribution is 0.145. The number of nitrogens with two attached hydrogens (primary N) is 1. The molecule has 0 aliphatic heterocycles. The van der Waals surface area contributed by atoms with E-state index >= 15 is 0 Å². The van der Waals surface area contributed by atoms with Gasteiger partial charge < -0.3 is 5.11 Å². The lowest BCUT2D eigenvalue weighted by atomic mass is 10.1. The van der Waals surface area contributed by atoms with Gasteiger partial charge in [-0.05, 0) is 24.8 Å². The van der Waals surface area contributed by atoms with Crippen molar-refractivity contribution in [1.29, 1.82) is 0 Å². The third kappa shape index (κ3) is 4.46. The van der Waals surface area contributed by atoms with Crippen LogP contribution < -0.4 is 5.84 Å². The Kier molecular flexibility index (Phi) is 4.63. The van der Waals surface area contributed by atoms with E-state index in [1.807, 2.05) is 18.2 Å². The maximum absolute atomic E-state index is 10.4. The van der Waals surface area contributed by atoms with Gasteiger partial charge in [0.25, 0.3) is 0 Å². The molecule has 3 N–H and O–H groups in total. The quantitative estimate of drug-likeness (QED) is 0.336. The van der Waals surface area contributed by atoms with Crippen LogP contribution in [-0.4, -0.2) is 22.8 Å². The van der Waals surface area contributed by atoms with Crippen molar-refractivity contribution >= 4 is 6.09 Å². The molecule has 0 bridgehead atoms. The molecule has 1 aromatic carbocycles. The highest BCUT2D eigenvalue weighted by molar-refractivity contribution is 5.63. The Morgan fingerprint density at radius 1 is 1.27 bits per heavy atom. The molecule has 0 heterocycles. The predicted octanol–water partition coefficient (Wildman–Crippen LogP) is 1.86. The molecule has 0 saturated carbocycles. The molecule has 0 saturated heterocycles. The Hall–Kier alpha value is -1.55. The third-order valence-electron chi connectivity index (χ3n) is 2.20. The second-order valence-electron chi connectivity index (χ2n) is 3.42. The minimum atomic E-state index is -1.07. The summed E-state index contributed by atoms with van der Waals surface area (Å²) in [6, 6.07) is 10.1. The molecule has 15 heavy (non-hydrogen) atoms. The van der Waals surface area contributed by atoms with Crippen LogP contribution in [0.1, 0.15) is 18.4 Å². The fourth-order valence-corrected chi connectivity index (χ4v) is 1.35. The molecule has 0 aromatic heterocycles. The molecular formula is C11H16N2O2. The molecule has 1 rings (SSSR count). The molecule has 4 nitrogen and oxygen atoms in total. The van der Waals surface area contributed by atoms with Crippen molar-refractivity contribution in [2.24, 2.45) is 5.84 Å². The van der Waals surface area contributed by atoms with Crippen molar-refractivity contribution in [1.82, 2.24) is 5.01 Å². The van der Waals surface area contributed by atoms with Gasteiger partial charge in [0.1, 0.15) is 0 Å². The Labute approximate surface area is 89.3 Å². The molecule has 0 aliphatic rings. The van der Waals surface area contributed by atoms with Crippen LogP contribution in [0.15, 0.2) is 30.3 Å². The molecular weight excluding hydrogens is 192 g/mol. The van der Waals surface area contributed by atoms with Gasteiger partial charge in [0.15, 0.2) is 0 Å². The van der Waals surface area contributed by atoms with Gasteiger partial charge in [0.05, 0.1) is 0 Å². The van der Waals surface area contributed by atoms with Gasteiger partial charge in [0, 0.05) is 6.54 Å². The number of amides is 1. The first-order valence-electron chi connectivity index (χ1n) is 4.99. The van der Waals surface area contributed by atoms with Gasteiger partial charge >= 0.3 is 6.09 Å². The zero-order valence-electron chi connectivity index (χ0n) is 8.60. The summed E-state index contributed by atoms with van der Waals surface area (Å²) in [5.74, 6) is 5.23. The van der Waals surface area contributed by atoms with Crippen LogP contribution in [0.4, 0.5) is 4.79 Å². The van der Waals surface area contributed by atoms with E-state index in [0.717, 1.165) is 24.3 Å². The van der Waals surface area contributed by atoms with E-state index in [9.17, 15) is 4.79 Å². The zero-order chi connectivity index (χ0) is 11.1. The molecule has 0 aliphatic carbocycles. The second kappa shape index (κ2) is 6.03. The number of aryl methyl sites for hydroxylation is 1. The van der Waals surface area contributed by atoms with Crippen molar-refractivity contribution in [3.05, 3.63) is 35.9 Å². The van der Waals surface area contributed by atoms with E-state index in [2.05, 4.69) is 12.1 Å².